The molecule has 4 nitrogen and oxygen atoms in total. The average Bonchev–Trinajstić information content (AvgIpc) is 3.17. The first-order valence-electron chi connectivity index (χ1n) is 6.55. The zero-order valence-electron chi connectivity index (χ0n) is 11.6. The minimum absolute atomic E-state index is 0.134. The second-order valence-corrected chi connectivity index (χ2v) is 7.21. The summed E-state index contributed by atoms with van der Waals surface area (Å²) >= 11 is 8.64. The van der Waals surface area contributed by atoms with E-state index in [2.05, 4.69) is 15.3 Å². The van der Waals surface area contributed by atoms with Crippen LogP contribution in [0.5, 0.6) is 0 Å². The predicted octanol–water partition coefficient (Wildman–Crippen LogP) is 4.41. The number of thiazole rings is 1. The summed E-state index contributed by atoms with van der Waals surface area (Å²) in [5.74, 6) is -0.134. The average molecular weight is 350 g/mol. The first kappa shape index (κ1) is 15.1. The second kappa shape index (κ2) is 6.56. The SMILES string of the molecule is CC(NC(=O)c1ccc(Cl)s1)c1nc(-c2ccncc2)cs1. The van der Waals surface area contributed by atoms with E-state index in [0.29, 0.717) is 9.21 Å². The Morgan fingerprint density at radius 1 is 1.27 bits per heavy atom. The molecule has 0 saturated carbocycles. The molecule has 1 amide bonds. The Labute approximate surface area is 140 Å². The van der Waals surface area contributed by atoms with Crippen LogP contribution in [0, 0.1) is 0 Å². The number of aromatic nitrogens is 2. The summed E-state index contributed by atoms with van der Waals surface area (Å²) < 4.78 is 0.604. The van der Waals surface area contributed by atoms with Crippen LogP contribution in [-0.2, 0) is 0 Å². The van der Waals surface area contributed by atoms with Gasteiger partial charge in [-0.3, -0.25) is 9.78 Å². The topological polar surface area (TPSA) is 54.9 Å². The van der Waals surface area contributed by atoms with Crippen molar-refractivity contribution in [3.8, 4) is 11.3 Å². The summed E-state index contributed by atoms with van der Waals surface area (Å²) in [5, 5.41) is 5.78. The standard InChI is InChI=1S/C15H12ClN3OS2/c1-9(18-14(20)12-2-3-13(16)22-12)15-19-11(8-21-15)10-4-6-17-7-5-10/h2-9H,1H3,(H,18,20). The van der Waals surface area contributed by atoms with Gasteiger partial charge in [-0.1, -0.05) is 11.6 Å². The van der Waals surface area contributed by atoms with Crippen LogP contribution >= 0.6 is 34.3 Å². The third-order valence-electron chi connectivity index (χ3n) is 3.01. The van der Waals surface area contributed by atoms with Gasteiger partial charge in [-0.2, -0.15) is 0 Å². The van der Waals surface area contributed by atoms with Crippen molar-refractivity contribution in [1.82, 2.24) is 15.3 Å². The van der Waals surface area contributed by atoms with Crippen molar-refractivity contribution in [2.24, 2.45) is 0 Å². The van der Waals surface area contributed by atoms with Crippen molar-refractivity contribution in [2.45, 2.75) is 13.0 Å². The number of amides is 1. The molecule has 3 rings (SSSR count). The molecular formula is C15H12ClN3OS2. The smallest absolute Gasteiger partial charge is 0.261 e. The van der Waals surface area contributed by atoms with Gasteiger partial charge in [0.05, 0.1) is 20.9 Å². The van der Waals surface area contributed by atoms with Gasteiger partial charge >= 0.3 is 0 Å². The van der Waals surface area contributed by atoms with Gasteiger partial charge in [-0.15, -0.1) is 22.7 Å². The lowest BCUT2D eigenvalue weighted by atomic mass is 10.2. The van der Waals surface area contributed by atoms with Crippen molar-refractivity contribution in [3.05, 3.63) is 56.3 Å². The summed E-state index contributed by atoms with van der Waals surface area (Å²) in [6, 6.07) is 7.11. The molecule has 0 aliphatic rings. The first-order chi connectivity index (χ1) is 10.6. The van der Waals surface area contributed by atoms with Crippen LogP contribution in [0.2, 0.25) is 4.34 Å². The van der Waals surface area contributed by atoms with Crippen LogP contribution in [-0.4, -0.2) is 15.9 Å². The van der Waals surface area contributed by atoms with Gasteiger partial charge in [-0.25, -0.2) is 4.98 Å². The molecule has 1 atom stereocenters. The lowest BCUT2D eigenvalue weighted by Crippen LogP contribution is -2.25. The summed E-state index contributed by atoms with van der Waals surface area (Å²) in [5.41, 5.74) is 1.91. The highest BCUT2D eigenvalue weighted by molar-refractivity contribution is 7.18. The quantitative estimate of drug-likeness (QED) is 0.759. The molecule has 0 aliphatic carbocycles. The normalized spacial score (nSPS) is 12.1. The van der Waals surface area contributed by atoms with Gasteiger partial charge in [0.25, 0.3) is 5.91 Å². The van der Waals surface area contributed by atoms with Crippen LogP contribution in [0.3, 0.4) is 0 Å². The minimum Gasteiger partial charge on any atom is -0.342 e. The zero-order valence-corrected chi connectivity index (χ0v) is 14.0. The Hall–Kier alpha value is -1.76. The van der Waals surface area contributed by atoms with Crippen molar-refractivity contribution in [2.75, 3.05) is 0 Å². The fourth-order valence-corrected chi connectivity index (χ4v) is 3.69. The molecule has 0 saturated heterocycles. The maximum atomic E-state index is 12.1. The van der Waals surface area contributed by atoms with E-state index in [-0.39, 0.29) is 11.9 Å². The van der Waals surface area contributed by atoms with Crippen LogP contribution in [0.4, 0.5) is 0 Å². The molecule has 0 aromatic carbocycles. The Morgan fingerprint density at radius 3 is 2.73 bits per heavy atom. The minimum atomic E-state index is -0.158. The first-order valence-corrected chi connectivity index (χ1v) is 8.63. The van der Waals surface area contributed by atoms with Crippen molar-refractivity contribution in [3.63, 3.8) is 0 Å². The highest BCUT2D eigenvalue weighted by Crippen LogP contribution is 2.26. The zero-order chi connectivity index (χ0) is 15.5. The number of pyridine rings is 1. The van der Waals surface area contributed by atoms with Crippen molar-refractivity contribution >= 4 is 40.2 Å². The number of thiophene rings is 1. The van der Waals surface area contributed by atoms with E-state index in [1.807, 2.05) is 24.4 Å². The molecule has 3 heterocycles. The molecule has 0 fully saturated rings. The Balaban J connectivity index is 1.72. The molecule has 1 N–H and O–H groups in total. The van der Waals surface area contributed by atoms with Crippen molar-refractivity contribution < 1.29 is 4.79 Å². The molecule has 7 heteroatoms. The molecule has 0 aliphatic heterocycles. The van der Waals surface area contributed by atoms with Gasteiger partial charge < -0.3 is 5.32 Å². The van der Waals surface area contributed by atoms with Gasteiger partial charge in [0, 0.05) is 23.3 Å². The van der Waals surface area contributed by atoms with E-state index in [1.165, 1.54) is 22.7 Å². The number of carbonyl (C=O) groups is 1. The second-order valence-electron chi connectivity index (χ2n) is 4.61. The van der Waals surface area contributed by atoms with Crippen LogP contribution in [0.25, 0.3) is 11.3 Å². The summed E-state index contributed by atoms with van der Waals surface area (Å²) in [7, 11) is 0. The maximum Gasteiger partial charge on any atom is 0.261 e. The predicted molar refractivity (Wildman–Crippen MR) is 90.6 cm³/mol. The summed E-state index contributed by atoms with van der Waals surface area (Å²) in [6.07, 6.45) is 3.47. The number of halogens is 1. The lowest BCUT2D eigenvalue weighted by Gasteiger charge is -2.10. The van der Waals surface area contributed by atoms with Crippen molar-refractivity contribution in [1.29, 1.82) is 0 Å². The fourth-order valence-electron chi connectivity index (χ4n) is 1.91. The van der Waals surface area contributed by atoms with Crippen LogP contribution in [0.1, 0.15) is 27.6 Å². The van der Waals surface area contributed by atoms with Gasteiger partial charge in [-0.05, 0) is 31.2 Å². The van der Waals surface area contributed by atoms with E-state index in [4.69, 9.17) is 11.6 Å². The van der Waals surface area contributed by atoms with E-state index >= 15 is 0 Å². The number of rotatable bonds is 4. The van der Waals surface area contributed by atoms with Crippen LogP contribution < -0.4 is 5.32 Å². The highest BCUT2D eigenvalue weighted by atomic mass is 35.5. The lowest BCUT2D eigenvalue weighted by molar-refractivity contribution is 0.0944. The Bertz CT molecular complexity index is 785. The molecule has 0 spiro atoms. The number of hydrogen-bond donors (Lipinski definition) is 1. The maximum absolute atomic E-state index is 12.1. The molecule has 3 aromatic heterocycles. The molecular weight excluding hydrogens is 338 g/mol. The highest BCUT2D eigenvalue weighted by Gasteiger charge is 2.16. The van der Waals surface area contributed by atoms with E-state index in [0.717, 1.165) is 16.3 Å². The number of carbonyl (C=O) groups excluding carboxylic acids is 1. The largest absolute Gasteiger partial charge is 0.342 e. The Morgan fingerprint density at radius 2 is 2.05 bits per heavy atom. The number of nitrogens with one attached hydrogen (secondary N) is 1. The summed E-state index contributed by atoms with van der Waals surface area (Å²) in [6.45, 7) is 1.92. The molecule has 3 aromatic rings. The monoisotopic (exact) mass is 349 g/mol. The third-order valence-corrected chi connectivity index (χ3v) is 5.27. The third kappa shape index (κ3) is 3.35. The van der Waals surface area contributed by atoms with E-state index < -0.39 is 0 Å². The van der Waals surface area contributed by atoms with Gasteiger partial charge in [0.2, 0.25) is 0 Å². The van der Waals surface area contributed by atoms with Crippen LogP contribution in [0.15, 0.2) is 42.0 Å². The summed E-state index contributed by atoms with van der Waals surface area (Å²) in [4.78, 5) is 21.3. The van der Waals surface area contributed by atoms with E-state index in [1.54, 1.807) is 24.5 Å². The number of nitrogens with zero attached hydrogens (tertiary/aromatic N) is 2. The molecule has 0 bridgehead atoms. The molecule has 0 radical (unpaired) electrons. The van der Waals surface area contributed by atoms with Gasteiger partial charge in [0.1, 0.15) is 5.01 Å². The molecule has 22 heavy (non-hydrogen) atoms. The molecule has 112 valence electrons. The van der Waals surface area contributed by atoms with Gasteiger partial charge in [0.15, 0.2) is 0 Å². The van der Waals surface area contributed by atoms with E-state index in [9.17, 15) is 4.79 Å². The fraction of sp³-hybridized carbons (Fsp3) is 0.133. The Kier molecular flexibility index (Phi) is 4.52. The number of hydrogen-bond acceptors (Lipinski definition) is 5. The molecule has 1 unspecified atom stereocenters.